The quantitative estimate of drug-likeness (QED) is 0.804. The van der Waals surface area contributed by atoms with Crippen molar-refractivity contribution in [2.24, 2.45) is 0 Å². The second-order valence-corrected chi connectivity index (χ2v) is 5.52. The highest BCUT2D eigenvalue weighted by molar-refractivity contribution is 5.97. The molecule has 1 heterocycles. The van der Waals surface area contributed by atoms with Crippen LogP contribution in [0.4, 0.5) is 0 Å². The fraction of sp³-hybridized carbons (Fsp3) is 0.867. The van der Waals surface area contributed by atoms with E-state index in [1.807, 2.05) is 18.7 Å². The van der Waals surface area contributed by atoms with Crippen molar-refractivity contribution in [2.75, 3.05) is 0 Å². The lowest BCUT2D eigenvalue weighted by Crippen LogP contribution is -2.68. The number of hydrogen-bond acceptors (Lipinski definition) is 2. The van der Waals surface area contributed by atoms with E-state index in [1.165, 1.54) is 0 Å². The maximum Gasteiger partial charge on any atom is 0.246 e. The molecule has 0 aliphatic carbocycles. The van der Waals surface area contributed by atoms with Gasteiger partial charge in [-0.15, -0.1) is 0 Å². The van der Waals surface area contributed by atoms with E-state index in [0.29, 0.717) is 0 Å². The number of hydrogen-bond donors (Lipinski definition) is 1. The second kappa shape index (κ2) is 6.40. The number of nitrogens with zero attached hydrogens (tertiary/aromatic N) is 1. The molecule has 0 radical (unpaired) electrons. The van der Waals surface area contributed by atoms with Crippen LogP contribution >= 0.6 is 0 Å². The highest BCUT2D eigenvalue weighted by atomic mass is 16.2. The van der Waals surface area contributed by atoms with Crippen molar-refractivity contribution in [1.82, 2.24) is 10.2 Å². The Hall–Kier alpha value is -1.06. The van der Waals surface area contributed by atoms with Gasteiger partial charge in [-0.05, 0) is 32.6 Å². The maximum atomic E-state index is 12.7. The fourth-order valence-electron chi connectivity index (χ4n) is 3.22. The molecular formula is C15H28N2O2. The van der Waals surface area contributed by atoms with Crippen LogP contribution in [0.1, 0.15) is 66.7 Å². The number of nitrogens with one attached hydrogen (secondary N) is 1. The first kappa shape index (κ1) is 16.0. The summed E-state index contributed by atoms with van der Waals surface area (Å²) in [6.07, 6.45) is 4.30. The summed E-state index contributed by atoms with van der Waals surface area (Å²) in [5.74, 6) is 0.0808. The van der Waals surface area contributed by atoms with Crippen LogP contribution in [-0.2, 0) is 9.59 Å². The van der Waals surface area contributed by atoms with Crippen LogP contribution < -0.4 is 5.32 Å². The van der Waals surface area contributed by atoms with Gasteiger partial charge in [-0.2, -0.15) is 0 Å². The third-order valence-corrected chi connectivity index (χ3v) is 4.68. The molecule has 1 aliphatic rings. The van der Waals surface area contributed by atoms with Crippen LogP contribution in [0.15, 0.2) is 0 Å². The van der Waals surface area contributed by atoms with Crippen LogP contribution in [0, 0.1) is 0 Å². The Labute approximate surface area is 116 Å². The van der Waals surface area contributed by atoms with Gasteiger partial charge in [0.05, 0.1) is 0 Å². The predicted molar refractivity (Wildman–Crippen MR) is 76.8 cm³/mol. The zero-order valence-corrected chi connectivity index (χ0v) is 13.0. The van der Waals surface area contributed by atoms with E-state index in [1.54, 1.807) is 0 Å². The molecule has 2 amide bonds. The van der Waals surface area contributed by atoms with Gasteiger partial charge >= 0.3 is 0 Å². The van der Waals surface area contributed by atoms with Gasteiger partial charge in [0.1, 0.15) is 12.1 Å². The summed E-state index contributed by atoms with van der Waals surface area (Å²) < 4.78 is 0. The van der Waals surface area contributed by atoms with E-state index < -0.39 is 0 Å². The van der Waals surface area contributed by atoms with Gasteiger partial charge < -0.3 is 10.2 Å². The molecule has 0 aromatic heterocycles. The highest BCUT2D eigenvalue weighted by Crippen LogP contribution is 2.32. The third kappa shape index (κ3) is 2.77. The third-order valence-electron chi connectivity index (χ3n) is 4.68. The summed E-state index contributed by atoms with van der Waals surface area (Å²) in [5, 5.41) is 2.86. The average Bonchev–Trinajstić information content (AvgIpc) is 2.41. The zero-order chi connectivity index (χ0) is 14.6. The van der Waals surface area contributed by atoms with E-state index in [2.05, 4.69) is 26.1 Å². The predicted octanol–water partition coefficient (Wildman–Crippen LogP) is 2.47. The summed E-state index contributed by atoms with van der Waals surface area (Å²) >= 11 is 0. The zero-order valence-electron chi connectivity index (χ0n) is 13.0. The molecule has 4 heteroatoms. The standard InChI is InChI=1S/C15H28N2O2/c1-6-10-12-14(19)17(11(5)13(18)16-12)15(7-2,8-3)9-4/h11-12H,6-10H2,1-5H3,(H,16,18). The highest BCUT2D eigenvalue weighted by Gasteiger charge is 2.46. The Morgan fingerprint density at radius 2 is 1.63 bits per heavy atom. The van der Waals surface area contributed by atoms with Gasteiger partial charge in [-0.25, -0.2) is 0 Å². The van der Waals surface area contributed by atoms with Gasteiger partial charge in [0, 0.05) is 5.54 Å². The molecule has 1 fully saturated rings. The fourth-order valence-corrected chi connectivity index (χ4v) is 3.22. The number of rotatable bonds is 6. The van der Waals surface area contributed by atoms with Crippen molar-refractivity contribution >= 4 is 11.8 Å². The van der Waals surface area contributed by atoms with Crippen molar-refractivity contribution in [3.05, 3.63) is 0 Å². The lowest BCUT2D eigenvalue weighted by molar-refractivity contribution is -0.157. The molecule has 0 spiro atoms. The molecule has 1 N–H and O–H groups in total. The molecule has 1 saturated heterocycles. The Kier molecular flexibility index (Phi) is 5.39. The van der Waals surface area contributed by atoms with E-state index >= 15 is 0 Å². The minimum Gasteiger partial charge on any atom is -0.343 e. The minimum absolute atomic E-state index is 0.0159. The Morgan fingerprint density at radius 3 is 2.05 bits per heavy atom. The first-order valence-electron chi connectivity index (χ1n) is 7.60. The van der Waals surface area contributed by atoms with Gasteiger partial charge in [-0.1, -0.05) is 34.1 Å². The molecule has 19 heavy (non-hydrogen) atoms. The Balaban J connectivity index is 3.12. The molecular weight excluding hydrogens is 240 g/mol. The van der Waals surface area contributed by atoms with Gasteiger partial charge in [0.2, 0.25) is 11.8 Å². The van der Waals surface area contributed by atoms with Crippen LogP contribution in [-0.4, -0.2) is 34.3 Å². The summed E-state index contributed by atoms with van der Waals surface area (Å²) in [5.41, 5.74) is -0.180. The Bertz CT molecular complexity index is 329. The number of carbonyl (C=O) groups excluding carboxylic acids is 2. The second-order valence-electron chi connectivity index (χ2n) is 5.52. The summed E-state index contributed by atoms with van der Waals surface area (Å²) in [4.78, 5) is 26.7. The van der Waals surface area contributed by atoms with Crippen molar-refractivity contribution in [2.45, 2.75) is 84.3 Å². The lowest BCUT2D eigenvalue weighted by Gasteiger charge is -2.49. The first-order valence-corrected chi connectivity index (χ1v) is 7.60. The van der Waals surface area contributed by atoms with E-state index in [-0.39, 0.29) is 29.4 Å². The normalized spacial score (nSPS) is 24.6. The van der Waals surface area contributed by atoms with Gasteiger partial charge in [0.15, 0.2) is 0 Å². The van der Waals surface area contributed by atoms with Gasteiger partial charge in [0.25, 0.3) is 0 Å². The molecule has 1 rings (SSSR count). The average molecular weight is 268 g/mol. The molecule has 110 valence electrons. The maximum absolute atomic E-state index is 12.7. The molecule has 0 saturated carbocycles. The Morgan fingerprint density at radius 1 is 1.11 bits per heavy atom. The number of piperazine rings is 1. The van der Waals surface area contributed by atoms with E-state index in [0.717, 1.165) is 32.1 Å². The first-order chi connectivity index (χ1) is 8.97. The van der Waals surface area contributed by atoms with E-state index in [4.69, 9.17) is 0 Å². The van der Waals surface area contributed by atoms with Crippen molar-refractivity contribution in [3.8, 4) is 0 Å². The summed E-state index contributed by atoms with van der Waals surface area (Å²) in [6.45, 7) is 10.2. The van der Waals surface area contributed by atoms with Crippen LogP contribution in [0.5, 0.6) is 0 Å². The minimum atomic E-state index is -0.361. The summed E-state index contributed by atoms with van der Waals surface area (Å²) in [6, 6.07) is -0.696. The molecule has 0 aromatic rings. The van der Waals surface area contributed by atoms with Crippen LogP contribution in [0.25, 0.3) is 0 Å². The largest absolute Gasteiger partial charge is 0.343 e. The number of amides is 2. The van der Waals surface area contributed by atoms with Crippen LogP contribution in [0.2, 0.25) is 0 Å². The molecule has 0 aromatic carbocycles. The van der Waals surface area contributed by atoms with Crippen molar-refractivity contribution in [1.29, 1.82) is 0 Å². The monoisotopic (exact) mass is 268 g/mol. The molecule has 0 bridgehead atoms. The molecule has 4 nitrogen and oxygen atoms in total. The molecule has 2 unspecified atom stereocenters. The summed E-state index contributed by atoms with van der Waals surface area (Å²) in [7, 11) is 0. The molecule has 1 aliphatic heterocycles. The number of carbonyl (C=O) groups is 2. The van der Waals surface area contributed by atoms with E-state index in [9.17, 15) is 9.59 Å². The lowest BCUT2D eigenvalue weighted by atomic mass is 9.84. The topological polar surface area (TPSA) is 49.4 Å². The van der Waals surface area contributed by atoms with Crippen LogP contribution in [0.3, 0.4) is 0 Å². The smallest absolute Gasteiger partial charge is 0.246 e. The van der Waals surface area contributed by atoms with Crippen molar-refractivity contribution in [3.63, 3.8) is 0 Å². The SMILES string of the molecule is CCCC1NC(=O)C(C)N(C(CC)(CC)CC)C1=O. The molecule has 2 atom stereocenters. The van der Waals surface area contributed by atoms with Crippen molar-refractivity contribution < 1.29 is 9.59 Å². The van der Waals surface area contributed by atoms with Gasteiger partial charge in [-0.3, -0.25) is 9.59 Å².